The molecule has 2 aliphatic rings. The van der Waals surface area contributed by atoms with Gasteiger partial charge in [-0.3, -0.25) is 9.59 Å². The van der Waals surface area contributed by atoms with Crippen LogP contribution in [0.4, 0.5) is 5.82 Å². The average molecular weight is 399 g/mol. The first kappa shape index (κ1) is 21.1. The molecule has 1 unspecified atom stereocenters. The molecule has 156 valence electrons. The molecular formula is C22H30N4O3. The molecule has 1 atom stereocenters. The summed E-state index contributed by atoms with van der Waals surface area (Å²) in [7, 11) is 0. The van der Waals surface area contributed by atoms with Crippen LogP contribution in [0.15, 0.2) is 18.3 Å². The number of rotatable bonds is 6. The van der Waals surface area contributed by atoms with Gasteiger partial charge in [-0.05, 0) is 50.7 Å². The highest BCUT2D eigenvalue weighted by Gasteiger charge is 2.29. The van der Waals surface area contributed by atoms with E-state index in [9.17, 15) is 9.59 Å². The number of carbonyl (C=O) groups is 2. The number of hydrogen-bond acceptors (Lipinski definition) is 6. The van der Waals surface area contributed by atoms with Crippen molar-refractivity contribution >= 4 is 17.7 Å². The molecule has 7 heteroatoms. The number of esters is 1. The van der Waals surface area contributed by atoms with E-state index in [1.807, 2.05) is 6.07 Å². The van der Waals surface area contributed by atoms with E-state index in [1.165, 1.54) is 32.1 Å². The maximum atomic E-state index is 12.5. The van der Waals surface area contributed by atoms with Crippen molar-refractivity contribution in [2.24, 2.45) is 11.8 Å². The fraction of sp³-hybridized carbons (Fsp3) is 0.636. The molecule has 0 spiro atoms. The molecule has 3 rings (SSSR count). The van der Waals surface area contributed by atoms with Gasteiger partial charge in [-0.25, -0.2) is 4.98 Å². The molecule has 1 aliphatic carbocycles. The zero-order chi connectivity index (χ0) is 20.6. The van der Waals surface area contributed by atoms with E-state index in [1.54, 1.807) is 19.2 Å². The minimum Gasteiger partial charge on any atom is -0.452 e. The third-order valence-corrected chi connectivity index (χ3v) is 5.98. The number of amides is 1. The number of aromatic nitrogens is 1. The van der Waals surface area contributed by atoms with Gasteiger partial charge in [-0.15, -0.1) is 0 Å². The molecule has 1 aromatic rings. The summed E-state index contributed by atoms with van der Waals surface area (Å²) in [5.41, 5.74) is 0.531. The van der Waals surface area contributed by atoms with Crippen molar-refractivity contribution in [3.63, 3.8) is 0 Å². The largest absolute Gasteiger partial charge is 0.452 e. The summed E-state index contributed by atoms with van der Waals surface area (Å²) in [6.45, 7) is 3.71. The van der Waals surface area contributed by atoms with Gasteiger partial charge in [0, 0.05) is 25.8 Å². The lowest BCUT2D eigenvalue weighted by molar-refractivity contribution is -0.159. The van der Waals surface area contributed by atoms with Crippen LogP contribution in [-0.4, -0.2) is 42.6 Å². The third kappa shape index (κ3) is 5.93. The van der Waals surface area contributed by atoms with Crippen molar-refractivity contribution in [2.75, 3.05) is 24.5 Å². The first-order chi connectivity index (χ1) is 14.1. The predicted octanol–water partition coefficient (Wildman–Crippen LogP) is 2.80. The number of nitrogens with one attached hydrogen (secondary N) is 1. The van der Waals surface area contributed by atoms with Crippen LogP contribution in [0, 0.1) is 23.2 Å². The number of nitrogens with zero attached hydrogens (tertiary/aromatic N) is 3. The summed E-state index contributed by atoms with van der Waals surface area (Å²) in [5.74, 6) is 0.668. The van der Waals surface area contributed by atoms with Gasteiger partial charge in [0.2, 0.25) is 0 Å². The van der Waals surface area contributed by atoms with E-state index in [4.69, 9.17) is 10.00 Å². The zero-order valence-electron chi connectivity index (χ0n) is 17.1. The van der Waals surface area contributed by atoms with Crippen molar-refractivity contribution in [1.82, 2.24) is 10.3 Å². The smallest absolute Gasteiger partial charge is 0.309 e. The third-order valence-electron chi connectivity index (χ3n) is 5.98. The van der Waals surface area contributed by atoms with Crippen LogP contribution in [0.1, 0.15) is 57.4 Å². The van der Waals surface area contributed by atoms with Crippen LogP contribution >= 0.6 is 0 Å². The molecule has 0 aromatic carbocycles. The first-order valence-corrected chi connectivity index (χ1v) is 10.7. The number of piperidine rings is 1. The molecule has 7 nitrogen and oxygen atoms in total. The van der Waals surface area contributed by atoms with Gasteiger partial charge in [-0.1, -0.05) is 19.3 Å². The molecule has 1 aromatic heterocycles. The normalized spacial score (nSPS) is 19.2. The highest BCUT2D eigenvalue weighted by atomic mass is 16.5. The molecule has 0 bridgehead atoms. The summed E-state index contributed by atoms with van der Waals surface area (Å²) in [4.78, 5) is 31.1. The number of nitriles is 1. The van der Waals surface area contributed by atoms with Gasteiger partial charge < -0.3 is 15.0 Å². The topological polar surface area (TPSA) is 95.3 Å². The summed E-state index contributed by atoms with van der Waals surface area (Å²) in [5, 5.41) is 11.8. The summed E-state index contributed by atoms with van der Waals surface area (Å²) in [6, 6.07) is 5.63. The Bertz CT molecular complexity index is 729. The lowest BCUT2D eigenvalue weighted by Gasteiger charge is -2.32. The predicted molar refractivity (Wildman–Crippen MR) is 109 cm³/mol. The van der Waals surface area contributed by atoms with E-state index in [2.05, 4.69) is 21.3 Å². The van der Waals surface area contributed by atoms with Crippen LogP contribution < -0.4 is 10.2 Å². The number of ether oxygens (including phenoxy) is 1. The van der Waals surface area contributed by atoms with Crippen LogP contribution in [-0.2, 0) is 14.3 Å². The quantitative estimate of drug-likeness (QED) is 0.741. The Labute approximate surface area is 172 Å². The van der Waals surface area contributed by atoms with E-state index in [-0.39, 0.29) is 17.8 Å². The van der Waals surface area contributed by atoms with Gasteiger partial charge >= 0.3 is 5.97 Å². The molecule has 1 amide bonds. The molecule has 2 fully saturated rings. The van der Waals surface area contributed by atoms with Crippen molar-refractivity contribution in [3.8, 4) is 6.07 Å². The molecule has 1 saturated carbocycles. The molecule has 0 radical (unpaired) electrons. The molecule has 29 heavy (non-hydrogen) atoms. The maximum Gasteiger partial charge on any atom is 0.309 e. The number of anilines is 1. The van der Waals surface area contributed by atoms with Gasteiger partial charge in [0.05, 0.1) is 11.5 Å². The summed E-state index contributed by atoms with van der Waals surface area (Å²) in [6.07, 6.45) is 8.23. The average Bonchev–Trinajstić information content (AvgIpc) is 2.78. The van der Waals surface area contributed by atoms with Crippen LogP contribution in [0.5, 0.6) is 0 Å². The van der Waals surface area contributed by atoms with Gasteiger partial charge in [-0.2, -0.15) is 5.26 Å². The first-order valence-electron chi connectivity index (χ1n) is 10.7. The fourth-order valence-electron chi connectivity index (χ4n) is 4.09. The molecule has 1 aliphatic heterocycles. The second kappa shape index (κ2) is 10.2. The Hall–Kier alpha value is -2.62. The van der Waals surface area contributed by atoms with Crippen molar-refractivity contribution in [1.29, 1.82) is 5.26 Å². The second-order valence-corrected chi connectivity index (χ2v) is 8.11. The minimum atomic E-state index is -0.760. The Kier molecular flexibility index (Phi) is 7.45. The molecule has 2 heterocycles. The Morgan fingerprint density at radius 2 is 1.97 bits per heavy atom. The van der Waals surface area contributed by atoms with Crippen LogP contribution in [0.3, 0.4) is 0 Å². The lowest BCUT2D eigenvalue weighted by atomic mass is 9.89. The molecule has 1 saturated heterocycles. The number of carbonyl (C=O) groups excluding carboxylic acids is 2. The van der Waals surface area contributed by atoms with Gasteiger partial charge in [0.15, 0.2) is 6.10 Å². The Morgan fingerprint density at radius 1 is 1.24 bits per heavy atom. The van der Waals surface area contributed by atoms with E-state index < -0.39 is 6.10 Å². The van der Waals surface area contributed by atoms with Crippen molar-refractivity contribution < 1.29 is 14.3 Å². The minimum absolute atomic E-state index is 0.196. The summed E-state index contributed by atoms with van der Waals surface area (Å²) >= 11 is 0. The van der Waals surface area contributed by atoms with E-state index in [0.29, 0.717) is 44.0 Å². The van der Waals surface area contributed by atoms with E-state index >= 15 is 0 Å². The number of hydrogen-bond donors (Lipinski definition) is 1. The zero-order valence-corrected chi connectivity index (χ0v) is 17.1. The van der Waals surface area contributed by atoms with E-state index in [0.717, 1.165) is 5.82 Å². The number of pyridine rings is 1. The Balaban J connectivity index is 1.40. The van der Waals surface area contributed by atoms with Crippen molar-refractivity contribution in [2.45, 2.75) is 58.0 Å². The molecule has 1 N–H and O–H groups in total. The standard InChI is InChI=1S/C22H30N4O3/c1-16(21(27)25-14-17-5-3-2-4-6-17)29-22(28)19-9-11-26(12-10-19)20-8-7-18(13-23)15-24-20/h7-8,15-17,19H,2-6,9-12,14H2,1H3,(H,25,27). The monoisotopic (exact) mass is 398 g/mol. The lowest BCUT2D eigenvalue weighted by Crippen LogP contribution is -2.41. The van der Waals surface area contributed by atoms with Crippen LogP contribution in [0.2, 0.25) is 0 Å². The SMILES string of the molecule is CC(OC(=O)C1CCN(c2ccc(C#N)cn2)CC1)C(=O)NCC1CCCCC1. The highest BCUT2D eigenvalue weighted by Crippen LogP contribution is 2.24. The maximum absolute atomic E-state index is 12.5. The highest BCUT2D eigenvalue weighted by molar-refractivity contribution is 5.84. The van der Waals surface area contributed by atoms with Gasteiger partial charge in [0.25, 0.3) is 5.91 Å². The Morgan fingerprint density at radius 3 is 2.59 bits per heavy atom. The van der Waals surface area contributed by atoms with Crippen molar-refractivity contribution in [3.05, 3.63) is 23.9 Å². The fourth-order valence-corrected chi connectivity index (χ4v) is 4.09. The molecular weight excluding hydrogens is 368 g/mol. The summed E-state index contributed by atoms with van der Waals surface area (Å²) < 4.78 is 5.44. The second-order valence-electron chi connectivity index (χ2n) is 8.11. The van der Waals surface area contributed by atoms with Gasteiger partial charge in [0.1, 0.15) is 11.9 Å². The van der Waals surface area contributed by atoms with Crippen LogP contribution in [0.25, 0.3) is 0 Å².